The van der Waals surface area contributed by atoms with Crippen LogP contribution in [0.3, 0.4) is 0 Å². The number of benzene rings is 8. The molecule has 260 valence electrons. The molecule has 0 unspecified atom stereocenters. The fraction of sp³-hybridized carbons (Fsp3) is 0.0385. The standard InChI is InChI=1S/C52H44P2/c1-7-25-47(26-8-1)53(48-27-9-2-10-28-48,49-29-11-3-12-30-49)41-45-23-19-21-43(39-45)37-38-44-22-20-24-46(40-44)42-54(50-31-13-4-14-32-50,51-33-15-5-16-34-51)52-35-17-6-18-36-52/h1-40H,41-42H2/q+2/b38-37-. The molecule has 0 aromatic heterocycles. The van der Waals surface area contributed by atoms with Crippen LogP contribution in [0.25, 0.3) is 12.2 Å². The van der Waals surface area contributed by atoms with Crippen molar-refractivity contribution in [1.29, 1.82) is 0 Å². The molecule has 0 N–H and O–H groups in total. The molecule has 0 nitrogen and oxygen atoms in total. The predicted molar refractivity (Wildman–Crippen MR) is 240 cm³/mol. The Morgan fingerprint density at radius 1 is 0.259 bits per heavy atom. The van der Waals surface area contributed by atoms with E-state index in [1.165, 1.54) is 54.1 Å². The van der Waals surface area contributed by atoms with Crippen LogP contribution in [0.4, 0.5) is 0 Å². The summed E-state index contributed by atoms with van der Waals surface area (Å²) in [5.74, 6) is 0. The van der Waals surface area contributed by atoms with Crippen molar-refractivity contribution in [3.63, 3.8) is 0 Å². The Labute approximate surface area is 322 Å². The van der Waals surface area contributed by atoms with Crippen LogP contribution in [0.2, 0.25) is 0 Å². The Morgan fingerprint density at radius 3 is 0.741 bits per heavy atom. The highest BCUT2D eigenvalue weighted by Crippen LogP contribution is 2.59. The first-order valence-corrected chi connectivity index (χ1v) is 22.6. The lowest BCUT2D eigenvalue weighted by atomic mass is 10.1. The molecule has 0 amide bonds. The summed E-state index contributed by atoms with van der Waals surface area (Å²) < 4.78 is 0. The third kappa shape index (κ3) is 7.42. The summed E-state index contributed by atoms with van der Waals surface area (Å²) in [6, 6.07) is 85.3. The highest BCUT2D eigenvalue weighted by atomic mass is 31.2. The smallest absolute Gasteiger partial charge is 0.0620 e. The lowest BCUT2D eigenvalue weighted by Crippen LogP contribution is -2.32. The molecule has 8 aromatic carbocycles. The van der Waals surface area contributed by atoms with E-state index in [1.807, 2.05) is 0 Å². The van der Waals surface area contributed by atoms with Crippen LogP contribution >= 0.6 is 14.5 Å². The van der Waals surface area contributed by atoms with Gasteiger partial charge >= 0.3 is 0 Å². The maximum Gasteiger partial charge on any atom is 0.116 e. The quantitative estimate of drug-likeness (QED) is 0.0867. The van der Waals surface area contributed by atoms with Gasteiger partial charge in [0.25, 0.3) is 0 Å². The van der Waals surface area contributed by atoms with Crippen LogP contribution in [0.15, 0.2) is 231 Å². The van der Waals surface area contributed by atoms with Crippen molar-refractivity contribution < 1.29 is 0 Å². The van der Waals surface area contributed by atoms with Crippen molar-refractivity contribution in [2.24, 2.45) is 0 Å². The second-order valence-electron chi connectivity index (χ2n) is 13.8. The van der Waals surface area contributed by atoms with Crippen molar-refractivity contribution in [2.45, 2.75) is 12.3 Å². The zero-order valence-corrected chi connectivity index (χ0v) is 32.2. The minimum absolute atomic E-state index is 0.951. The molecule has 0 heterocycles. The number of hydrogen-bond acceptors (Lipinski definition) is 0. The Bertz CT molecular complexity index is 2040. The van der Waals surface area contributed by atoms with Gasteiger partial charge in [-0.25, -0.2) is 0 Å². The molecule has 0 saturated heterocycles. The fourth-order valence-electron chi connectivity index (χ4n) is 7.87. The van der Waals surface area contributed by atoms with E-state index in [4.69, 9.17) is 0 Å². The Hall–Kier alpha value is -5.64. The molecule has 0 saturated carbocycles. The molecular formula is C52H44P2+2. The normalized spacial score (nSPS) is 11.8. The molecule has 8 aromatic rings. The number of rotatable bonds is 12. The van der Waals surface area contributed by atoms with E-state index in [-0.39, 0.29) is 0 Å². The lowest BCUT2D eigenvalue weighted by molar-refractivity contribution is 1.38. The topological polar surface area (TPSA) is 0 Å². The first kappa shape index (κ1) is 35.4. The highest BCUT2D eigenvalue weighted by molar-refractivity contribution is 7.95. The van der Waals surface area contributed by atoms with Gasteiger partial charge in [0.05, 0.1) is 12.3 Å². The van der Waals surface area contributed by atoms with Crippen molar-refractivity contribution in [3.8, 4) is 0 Å². The molecule has 0 aliphatic heterocycles. The zero-order valence-electron chi connectivity index (χ0n) is 30.4. The SMILES string of the molecule is C(=C/c1cccc(C[P+](c2ccccc2)(c2ccccc2)c2ccccc2)c1)/c1cccc(C[P+](c2ccccc2)(c2ccccc2)c2ccccc2)c1. The summed E-state index contributed by atoms with van der Waals surface area (Å²) in [5.41, 5.74) is 5.12. The Morgan fingerprint density at radius 2 is 0.500 bits per heavy atom. The predicted octanol–water partition coefficient (Wildman–Crippen LogP) is 10.8. The average molecular weight is 731 g/mol. The summed E-state index contributed by atoms with van der Waals surface area (Å²) in [6.07, 6.45) is 6.47. The van der Waals surface area contributed by atoms with Gasteiger partial charge in [-0.05, 0) is 107 Å². The van der Waals surface area contributed by atoms with Gasteiger partial charge in [-0.2, -0.15) is 0 Å². The van der Waals surface area contributed by atoms with Gasteiger partial charge in [0.1, 0.15) is 46.4 Å². The summed E-state index contributed by atoms with van der Waals surface area (Å²) in [4.78, 5) is 0. The Kier molecular flexibility index (Phi) is 10.9. The van der Waals surface area contributed by atoms with Gasteiger partial charge in [0.15, 0.2) is 0 Å². The van der Waals surface area contributed by atoms with Crippen LogP contribution < -0.4 is 31.8 Å². The van der Waals surface area contributed by atoms with Crippen LogP contribution in [-0.4, -0.2) is 0 Å². The lowest BCUT2D eigenvalue weighted by Gasteiger charge is -2.28. The first-order chi connectivity index (χ1) is 26.7. The van der Waals surface area contributed by atoms with Gasteiger partial charge in [-0.3, -0.25) is 0 Å². The largest absolute Gasteiger partial charge is 0.116 e. The summed E-state index contributed by atoms with van der Waals surface area (Å²) in [6.45, 7) is 0. The third-order valence-corrected chi connectivity index (χ3v) is 19.1. The van der Waals surface area contributed by atoms with Crippen molar-refractivity contribution in [3.05, 3.63) is 253 Å². The molecule has 8 rings (SSSR count). The van der Waals surface area contributed by atoms with E-state index in [2.05, 4.69) is 243 Å². The summed E-state index contributed by atoms with van der Waals surface area (Å²) in [7, 11) is -3.99. The zero-order chi connectivity index (χ0) is 36.5. The van der Waals surface area contributed by atoms with Crippen molar-refractivity contribution >= 4 is 58.5 Å². The number of hydrogen-bond donors (Lipinski definition) is 0. The molecule has 0 fully saturated rings. The fourth-order valence-corrected chi connectivity index (χ4v) is 16.3. The minimum Gasteiger partial charge on any atom is -0.0620 e. The molecule has 0 aliphatic carbocycles. The molecule has 0 aliphatic rings. The summed E-state index contributed by atoms with van der Waals surface area (Å²) >= 11 is 0. The molecule has 0 atom stereocenters. The second kappa shape index (κ2) is 16.6. The van der Waals surface area contributed by atoms with E-state index in [1.54, 1.807) is 0 Å². The maximum absolute atomic E-state index is 2.39. The van der Waals surface area contributed by atoms with Gasteiger partial charge in [0, 0.05) is 0 Å². The molecule has 0 radical (unpaired) electrons. The molecule has 0 bridgehead atoms. The van der Waals surface area contributed by atoms with E-state index < -0.39 is 14.5 Å². The van der Waals surface area contributed by atoms with E-state index in [0.717, 1.165) is 12.3 Å². The molecule has 0 spiro atoms. The average Bonchev–Trinajstić information content (AvgIpc) is 3.26. The first-order valence-electron chi connectivity index (χ1n) is 18.7. The molecule has 54 heavy (non-hydrogen) atoms. The van der Waals surface area contributed by atoms with Crippen LogP contribution in [-0.2, 0) is 12.3 Å². The highest BCUT2D eigenvalue weighted by Gasteiger charge is 2.46. The van der Waals surface area contributed by atoms with Crippen LogP contribution in [0.5, 0.6) is 0 Å². The third-order valence-electron chi connectivity index (χ3n) is 10.4. The monoisotopic (exact) mass is 730 g/mol. The molecular weight excluding hydrogens is 687 g/mol. The van der Waals surface area contributed by atoms with Crippen molar-refractivity contribution in [2.75, 3.05) is 0 Å². The van der Waals surface area contributed by atoms with Crippen LogP contribution in [0.1, 0.15) is 22.3 Å². The van der Waals surface area contributed by atoms with Gasteiger partial charge < -0.3 is 0 Å². The molecule has 2 heteroatoms. The Balaban J connectivity index is 1.14. The van der Waals surface area contributed by atoms with Gasteiger partial charge in [0.2, 0.25) is 0 Å². The second-order valence-corrected chi connectivity index (χ2v) is 20.7. The van der Waals surface area contributed by atoms with Crippen molar-refractivity contribution in [1.82, 2.24) is 0 Å². The van der Waals surface area contributed by atoms with E-state index >= 15 is 0 Å². The van der Waals surface area contributed by atoms with E-state index in [0.29, 0.717) is 0 Å². The summed E-state index contributed by atoms with van der Waals surface area (Å²) in [5, 5.41) is 8.42. The van der Waals surface area contributed by atoms with Crippen LogP contribution in [0, 0.1) is 0 Å². The van der Waals surface area contributed by atoms with E-state index in [9.17, 15) is 0 Å². The maximum atomic E-state index is 2.39. The van der Waals surface area contributed by atoms with Gasteiger partial charge in [-0.15, -0.1) is 0 Å². The van der Waals surface area contributed by atoms with Gasteiger partial charge in [-0.1, -0.05) is 158 Å². The minimum atomic E-state index is -2.00.